The van der Waals surface area contributed by atoms with Gasteiger partial charge in [-0.3, -0.25) is 10.1 Å². The van der Waals surface area contributed by atoms with Gasteiger partial charge < -0.3 is 14.6 Å². The number of furan rings is 1. The quantitative estimate of drug-likeness (QED) is 0.387. The molecule has 8 heteroatoms. The van der Waals surface area contributed by atoms with Gasteiger partial charge in [0.05, 0.1) is 16.4 Å². The molecule has 2 N–H and O–H groups in total. The van der Waals surface area contributed by atoms with Crippen LogP contribution in [0.4, 0.5) is 11.4 Å². The summed E-state index contributed by atoms with van der Waals surface area (Å²) in [5.74, 6) is 0.380. The van der Waals surface area contributed by atoms with Crippen molar-refractivity contribution in [3.8, 4) is 11.3 Å². The summed E-state index contributed by atoms with van der Waals surface area (Å²) in [6.07, 6.45) is 3.49. The molecule has 0 spiro atoms. The maximum Gasteiger partial charge on any atom is 0.293 e. The Kier molecular flexibility index (Phi) is 6.95. The molecular formula is C23H21BrClN3O2S. The number of para-hydroxylation sites is 1. The molecule has 2 aromatic carbocycles. The molecule has 0 aliphatic carbocycles. The molecule has 0 atom stereocenters. The van der Waals surface area contributed by atoms with Crippen molar-refractivity contribution in [1.82, 2.24) is 5.32 Å². The summed E-state index contributed by atoms with van der Waals surface area (Å²) in [6, 6.07) is 16.7. The van der Waals surface area contributed by atoms with Crippen LogP contribution in [-0.2, 0) is 0 Å². The summed E-state index contributed by atoms with van der Waals surface area (Å²) in [6.45, 7) is 1.89. The fourth-order valence-electron chi connectivity index (χ4n) is 3.60. The predicted octanol–water partition coefficient (Wildman–Crippen LogP) is 6.48. The number of anilines is 2. The van der Waals surface area contributed by atoms with E-state index in [9.17, 15) is 4.79 Å². The number of thiocarbonyl (C=S) groups is 1. The molecular weight excluding hydrogens is 498 g/mol. The SMILES string of the molecule is O=C(NC(=S)Nc1cccc(Cl)c1N1CCCCC1)c1ccc(-c2ccc(Br)cc2)o1. The topological polar surface area (TPSA) is 57.5 Å². The van der Waals surface area contributed by atoms with Crippen LogP contribution in [-0.4, -0.2) is 24.1 Å². The number of amides is 1. The first-order valence-corrected chi connectivity index (χ1v) is 11.6. The van der Waals surface area contributed by atoms with Gasteiger partial charge in [0.15, 0.2) is 10.9 Å². The highest BCUT2D eigenvalue weighted by Gasteiger charge is 2.19. The lowest BCUT2D eigenvalue weighted by Gasteiger charge is -2.31. The van der Waals surface area contributed by atoms with E-state index in [1.54, 1.807) is 12.1 Å². The number of piperidine rings is 1. The zero-order chi connectivity index (χ0) is 21.8. The second kappa shape index (κ2) is 9.85. The molecule has 4 rings (SSSR count). The van der Waals surface area contributed by atoms with Gasteiger partial charge in [0.1, 0.15) is 5.76 Å². The Bertz CT molecular complexity index is 1090. The zero-order valence-electron chi connectivity index (χ0n) is 16.7. The van der Waals surface area contributed by atoms with Crippen LogP contribution in [0.2, 0.25) is 5.02 Å². The van der Waals surface area contributed by atoms with E-state index in [1.165, 1.54) is 6.42 Å². The lowest BCUT2D eigenvalue weighted by molar-refractivity contribution is 0.0951. The van der Waals surface area contributed by atoms with Gasteiger partial charge in [-0.05, 0) is 67.9 Å². The van der Waals surface area contributed by atoms with Gasteiger partial charge in [0.25, 0.3) is 5.91 Å². The number of carbonyl (C=O) groups excluding carboxylic acids is 1. The van der Waals surface area contributed by atoms with E-state index in [-0.39, 0.29) is 10.9 Å². The van der Waals surface area contributed by atoms with Crippen LogP contribution in [0.5, 0.6) is 0 Å². The molecule has 3 aromatic rings. The second-order valence-corrected chi connectivity index (χ2v) is 8.99. The number of hydrogen-bond acceptors (Lipinski definition) is 4. The Labute approximate surface area is 199 Å². The monoisotopic (exact) mass is 517 g/mol. The maximum absolute atomic E-state index is 12.6. The first-order chi connectivity index (χ1) is 15.0. The third-order valence-electron chi connectivity index (χ3n) is 5.09. The minimum atomic E-state index is -0.414. The van der Waals surface area contributed by atoms with Crippen LogP contribution >= 0.6 is 39.7 Å². The average Bonchev–Trinajstić information content (AvgIpc) is 3.25. The van der Waals surface area contributed by atoms with Gasteiger partial charge in [-0.15, -0.1) is 0 Å². The fraction of sp³-hybridized carbons (Fsp3) is 0.217. The number of halogens is 2. The number of nitrogens with one attached hydrogen (secondary N) is 2. The van der Waals surface area contributed by atoms with Crippen molar-refractivity contribution < 1.29 is 9.21 Å². The van der Waals surface area contributed by atoms with Crippen molar-refractivity contribution in [3.63, 3.8) is 0 Å². The Morgan fingerprint density at radius 3 is 2.52 bits per heavy atom. The fourth-order valence-corrected chi connectivity index (χ4v) is 4.36. The molecule has 0 saturated carbocycles. The summed E-state index contributed by atoms with van der Waals surface area (Å²) in [5, 5.41) is 6.65. The van der Waals surface area contributed by atoms with Crippen molar-refractivity contribution in [1.29, 1.82) is 0 Å². The largest absolute Gasteiger partial charge is 0.451 e. The molecule has 1 aliphatic heterocycles. The van der Waals surface area contributed by atoms with E-state index in [0.717, 1.165) is 47.3 Å². The highest BCUT2D eigenvalue weighted by molar-refractivity contribution is 9.10. The molecule has 0 unspecified atom stereocenters. The molecule has 1 saturated heterocycles. The Hall–Kier alpha value is -2.35. The summed E-state index contributed by atoms with van der Waals surface area (Å²) in [7, 11) is 0. The van der Waals surface area contributed by atoms with Crippen LogP contribution in [0, 0.1) is 0 Å². The van der Waals surface area contributed by atoms with Crippen molar-refractivity contribution >= 4 is 62.1 Å². The Balaban J connectivity index is 1.44. The molecule has 1 aliphatic rings. The van der Waals surface area contributed by atoms with Crippen LogP contribution in [0.3, 0.4) is 0 Å². The third kappa shape index (κ3) is 5.29. The van der Waals surface area contributed by atoms with Crippen LogP contribution in [0.25, 0.3) is 11.3 Å². The van der Waals surface area contributed by atoms with E-state index >= 15 is 0 Å². The minimum Gasteiger partial charge on any atom is -0.451 e. The van der Waals surface area contributed by atoms with Gasteiger partial charge >= 0.3 is 0 Å². The molecule has 160 valence electrons. The molecule has 31 heavy (non-hydrogen) atoms. The van der Waals surface area contributed by atoms with E-state index < -0.39 is 5.91 Å². The van der Waals surface area contributed by atoms with E-state index in [4.69, 9.17) is 28.2 Å². The highest BCUT2D eigenvalue weighted by atomic mass is 79.9. The van der Waals surface area contributed by atoms with Crippen molar-refractivity contribution in [2.45, 2.75) is 19.3 Å². The summed E-state index contributed by atoms with van der Waals surface area (Å²) in [5.41, 5.74) is 2.57. The lowest BCUT2D eigenvalue weighted by atomic mass is 10.1. The van der Waals surface area contributed by atoms with Crippen LogP contribution in [0.1, 0.15) is 29.8 Å². The normalized spacial score (nSPS) is 13.7. The van der Waals surface area contributed by atoms with E-state index in [2.05, 4.69) is 31.5 Å². The Morgan fingerprint density at radius 2 is 1.77 bits per heavy atom. The van der Waals surface area contributed by atoms with Gasteiger partial charge in [0, 0.05) is 23.1 Å². The highest BCUT2D eigenvalue weighted by Crippen LogP contribution is 2.35. The first kappa shape index (κ1) is 21.9. The molecule has 1 amide bonds. The molecule has 1 aromatic heterocycles. The molecule has 0 bridgehead atoms. The number of hydrogen-bond donors (Lipinski definition) is 2. The van der Waals surface area contributed by atoms with Crippen LogP contribution in [0.15, 0.2) is 63.5 Å². The first-order valence-electron chi connectivity index (χ1n) is 10.0. The minimum absolute atomic E-state index is 0.185. The van der Waals surface area contributed by atoms with Gasteiger partial charge in [-0.1, -0.05) is 45.7 Å². The predicted molar refractivity (Wildman–Crippen MR) is 133 cm³/mol. The van der Waals surface area contributed by atoms with Gasteiger partial charge in [-0.2, -0.15) is 0 Å². The standard InChI is InChI=1S/C23H21BrClN3O2S/c24-16-9-7-15(8-10-16)19-11-12-20(30-19)22(29)27-23(31)26-18-6-4-5-17(25)21(18)28-13-2-1-3-14-28/h4-12H,1-3,13-14H2,(H2,26,27,29,31). The van der Waals surface area contributed by atoms with Gasteiger partial charge in [0.2, 0.25) is 0 Å². The second-order valence-electron chi connectivity index (χ2n) is 7.26. The van der Waals surface area contributed by atoms with Gasteiger partial charge in [-0.25, -0.2) is 0 Å². The van der Waals surface area contributed by atoms with Crippen LogP contribution < -0.4 is 15.5 Å². The average molecular weight is 519 g/mol. The van der Waals surface area contributed by atoms with Crippen molar-refractivity contribution in [2.24, 2.45) is 0 Å². The maximum atomic E-state index is 12.6. The molecule has 0 radical (unpaired) electrons. The summed E-state index contributed by atoms with van der Waals surface area (Å²) >= 11 is 15.3. The van der Waals surface area contributed by atoms with E-state index in [1.807, 2.05) is 42.5 Å². The lowest BCUT2D eigenvalue weighted by Crippen LogP contribution is -2.35. The smallest absolute Gasteiger partial charge is 0.293 e. The van der Waals surface area contributed by atoms with E-state index in [0.29, 0.717) is 10.8 Å². The zero-order valence-corrected chi connectivity index (χ0v) is 19.8. The Morgan fingerprint density at radius 1 is 1.03 bits per heavy atom. The number of benzene rings is 2. The summed E-state index contributed by atoms with van der Waals surface area (Å²) in [4.78, 5) is 14.9. The van der Waals surface area contributed by atoms with Crippen molar-refractivity contribution in [3.05, 3.63) is 69.9 Å². The van der Waals surface area contributed by atoms with Crippen molar-refractivity contribution in [2.75, 3.05) is 23.3 Å². The third-order valence-corrected chi connectivity index (χ3v) is 6.13. The number of nitrogens with zero attached hydrogens (tertiary/aromatic N) is 1. The molecule has 5 nitrogen and oxygen atoms in total. The molecule has 1 fully saturated rings. The number of carbonyl (C=O) groups is 1. The summed E-state index contributed by atoms with van der Waals surface area (Å²) < 4.78 is 6.69. The number of rotatable bonds is 4. The molecule has 2 heterocycles.